The standard InChI is InChI=1S/C9H17NO/c1-7-4-9(5-7)6-8(10)2-3-11-9/h7-8H,2-6,10H2,1H3. The first-order valence-corrected chi connectivity index (χ1v) is 4.60. The Bertz CT molecular complexity index is 146. The van der Waals surface area contributed by atoms with Crippen LogP contribution in [0.4, 0.5) is 0 Å². The van der Waals surface area contributed by atoms with Gasteiger partial charge in [-0.25, -0.2) is 0 Å². The average molecular weight is 155 g/mol. The molecule has 1 saturated heterocycles. The molecule has 0 aromatic heterocycles. The smallest absolute Gasteiger partial charge is 0.0702 e. The second-order valence-electron chi connectivity index (χ2n) is 4.30. The van der Waals surface area contributed by atoms with E-state index in [1.807, 2.05) is 0 Å². The third-order valence-corrected chi connectivity index (χ3v) is 2.97. The fraction of sp³-hybridized carbons (Fsp3) is 1.00. The van der Waals surface area contributed by atoms with Gasteiger partial charge < -0.3 is 10.5 Å². The van der Waals surface area contributed by atoms with Gasteiger partial charge in [-0.05, 0) is 31.6 Å². The molecule has 2 nitrogen and oxygen atoms in total. The van der Waals surface area contributed by atoms with E-state index in [2.05, 4.69) is 6.92 Å². The summed E-state index contributed by atoms with van der Waals surface area (Å²) in [6.45, 7) is 3.17. The van der Waals surface area contributed by atoms with E-state index in [0.717, 1.165) is 25.4 Å². The van der Waals surface area contributed by atoms with Gasteiger partial charge in [0.05, 0.1) is 5.60 Å². The predicted octanol–water partition coefficient (Wildman–Crippen LogP) is 1.29. The van der Waals surface area contributed by atoms with Gasteiger partial charge in [0.25, 0.3) is 0 Å². The van der Waals surface area contributed by atoms with E-state index < -0.39 is 0 Å². The molecular formula is C9H17NO. The van der Waals surface area contributed by atoms with E-state index in [1.165, 1.54) is 12.8 Å². The van der Waals surface area contributed by atoms with Gasteiger partial charge in [0, 0.05) is 12.6 Å². The lowest BCUT2D eigenvalue weighted by molar-refractivity contribution is -0.154. The van der Waals surface area contributed by atoms with Crippen LogP contribution >= 0.6 is 0 Å². The van der Waals surface area contributed by atoms with Crippen LogP contribution in [0.5, 0.6) is 0 Å². The van der Waals surface area contributed by atoms with Crippen molar-refractivity contribution in [3.05, 3.63) is 0 Å². The summed E-state index contributed by atoms with van der Waals surface area (Å²) < 4.78 is 5.76. The van der Waals surface area contributed by atoms with Crippen LogP contribution in [0.15, 0.2) is 0 Å². The molecule has 1 spiro atoms. The predicted molar refractivity (Wildman–Crippen MR) is 44.3 cm³/mol. The molecule has 2 heteroatoms. The highest BCUT2D eigenvalue weighted by molar-refractivity contribution is 4.98. The van der Waals surface area contributed by atoms with Gasteiger partial charge in [0.2, 0.25) is 0 Å². The van der Waals surface area contributed by atoms with Gasteiger partial charge in [-0.3, -0.25) is 0 Å². The molecule has 2 N–H and O–H groups in total. The maximum absolute atomic E-state index is 5.89. The summed E-state index contributed by atoms with van der Waals surface area (Å²) in [5.41, 5.74) is 6.10. The maximum atomic E-state index is 5.89. The Hall–Kier alpha value is -0.0800. The summed E-state index contributed by atoms with van der Waals surface area (Å²) in [4.78, 5) is 0. The van der Waals surface area contributed by atoms with Crippen LogP contribution in [-0.4, -0.2) is 18.2 Å². The molecule has 11 heavy (non-hydrogen) atoms. The van der Waals surface area contributed by atoms with Crippen molar-refractivity contribution in [3.8, 4) is 0 Å². The highest BCUT2D eigenvalue weighted by atomic mass is 16.5. The highest BCUT2D eigenvalue weighted by Gasteiger charge is 2.45. The SMILES string of the molecule is CC1CC2(C1)CC(N)CCO2. The lowest BCUT2D eigenvalue weighted by atomic mass is 9.67. The van der Waals surface area contributed by atoms with E-state index >= 15 is 0 Å². The first-order valence-electron chi connectivity index (χ1n) is 4.60. The summed E-state index contributed by atoms with van der Waals surface area (Å²) >= 11 is 0. The van der Waals surface area contributed by atoms with Crippen molar-refractivity contribution < 1.29 is 4.74 Å². The van der Waals surface area contributed by atoms with Crippen LogP contribution in [0.1, 0.15) is 32.6 Å². The Morgan fingerprint density at radius 3 is 2.64 bits per heavy atom. The molecule has 0 bridgehead atoms. The average Bonchev–Trinajstić information content (AvgIpc) is 1.84. The quantitative estimate of drug-likeness (QED) is 0.572. The summed E-state index contributed by atoms with van der Waals surface area (Å²) in [5.74, 6) is 0.861. The molecule has 2 rings (SSSR count). The van der Waals surface area contributed by atoms with Crippen molar-refractivity contribution in [3.63, 3.8) is 0 Å². The number of hydrogen-bond acceptors (Lipinski definition) is 2. The van der Waals surface area contributed by atoms with Crippen molar-refractivity contribution >= 4 is 0 Å². The van der Waals surface area contributed by atoms with Gasteiger partial charge in [0.15, 0.2) is 0 Å². The van der Waals surface area contributed by atoms with Crippen LogP contribution in [-0.2, 0) is 4.74 Å². The number of nitrogens with two attached hydrogens (primary N) is 1. The normalized spacial score (nSPS) is 50.7. The van der Waals surface area contributed by atoms with Crippen molar-refractivity contribution in [2.45, 2.75) is 44.2 Å². The molecule has 2 aliphatic rings. The highest BCUT2D eigenvalue weighted by Crippen LogP contribution is 2.45. The first kappa shape index (κ1) is 7.56. The van der Waals surface area contributed by atoms with Crippen molar-refractivity contribution in [1.82, 2.24) is 0 Å². The summed E-state index contributed by atoms with van der Waals surface area (Å²) in [6.07, 6.45) is 4.62. The van der Waals surface area contributed by atoms with Crippen LogP contribution in [0.25, 0.3) is 0 Å². The molecule has 1 heterocycles. The molecule has 1 saturated carbocycles. The van der Waals surface area contributed by atoms with Crippen LogP contribution < -0.4 is 5.73 Å². The minimum absolute atomic E-state index is 0.219. The third-order valence-electron chi connectivity index (χ3n) is 2.97. The Kier molecular flexibility index (Phi) is 1.69. The summed E-state index contributed by atoms with van der Waals surface area (Å²) in [7, 11) is 0. The molecule has 1 aliphatic heterocycles. The fourth-order valence-corrected chi connectivity index (χ4v) is 2.56. The maximum Gasteiger partial charge on any atom is 0.0702 e. The Morgan fingerprint density at radius 2 is 2.09 bits per heavy atom. The topological polar surface area (TPSA) is 35.2 Å². The molecule has 64 valence electrons. The van der Waals surface area contributed by atoms with Crippen LogP contribution in [0, 0.1) is 5.92 Å². The monoisotopic (exact) mass is 155 g/mol. The van der Waals surface area contributed by atoms with Gasteiger partial charge in [-0.2, -0.15) is 0 Å². The van der Waals surface area contributed by atoms with E-state index in [1.54, 1.807) is 0 Å². The minimum Gasteiger partial charge on any atom is -0.375 e. The second-order valence-corrected chi connectivity index (χ2v) is 4.30. The van der Waals surface area contributed by atoms with Gasteiger partial charge in [-0.15, -0.1) is 0 Å². The number of rotatable bonds is 0. The molecule has 1 unspecified atom stereocenters. The lowest BCUT2D eigenvalue weighted by Gasteiger charge is -2.50. The summed E-state index contributed by atoms with van der Waals surface area (Å²) in [5, 5.41) is 0. The zero-order valence-corrected chi connectivity index (χ0v) is 7.18. The van der Waals surface area contributed by atoms with Crippen molar-refractivity contribution in [1.29, 1.82) is 0 Å². The summed E-state index contributed by atoms with van der Waals surface area (Å²) in [6, 6.07) is 0.399. The van der Waals surface area contributed by atoms with Crippen LogP contribution in [0.2, 0.25) is 0 Å². The molecule has 1 atom stereocenters. The third kappa shape index (κ3) is 1.30. The zero-order valence-electron chi connectivity index (χ0n) is 7.18. The van der Waals surface area contributed by atoms with Gasteiger partial charge in [-0.1, -0.05) is 6.92 Å². The zero-order chi connectivity index (χ0) is 7.90. The minimum atomic E-state index is 0.219. The molecular weight excluding hydrogens is 138 g/mol. The Morgan fingerprint density at radius 1 is 1.36 bits per heavy atom. The Balaban J connectivity index is 1.93. The second kappa shape index (κ2) is 2.46. The Labute approximate surface area is 68.1 Å². The fourth-order valence-electron chi connectivity index (χ4n) is 2.56. The molecule has 0 aromatic carbocycles. The van der Waals surface area contributed by atoms with E-state index in [-0.39, 0.29) is 5.60 Å². The van der Waals surface area contributed by atoms with E-state index in [0.29, 0.717) is 6.04 Å². The molecule has 1 aliphatic carbocycles. The van der Waals surface area contributed by atoms with Crippen molar-refractivity contribution in [2.24, 2.45) is 11.7 Å². The van der Waals surface area contributed by atoms with Gasteiger partial charge >= 0.3 is 0 Å². The van der Waals surface area contributed by atoms with E-state index in [4.69, 9.17) is 10.5 Å². The molecule has 2 fully saturated rings. The molecule has 0 amide bonds. The largest absolute Gasteiger partial charge is 0.375 e. The van der Waals surface area contributed by atoms with Gasteiger partial charge in [0.1, 0.15) is 0 Å². The first-order chi connectivity index (χ1) is 5.20. The number of ether oxygens (including phenoxy) is 1. The van der Waals surface area contributed by atoms with Crippen molar-refractivity contribution in [2.75, 3.05) is 6.61 Å². The van der Waals surface area contributed by atoms with E-state index in [9.17, 15) is 0 Å². The molecule has 0 radical (unpaired) electrons. The number of hydrogen-bond donors (Lipinski definition) is 1. The van der Waals surface area contributed by atoms with Crippen LogP contribution in [0.3, 0.4) is 0 Å². The lowest BCUT2D eigenvalue weighted by Crippen LogP contribution is -2.52. The molecule has 0 aromatic rings.